The van der Waals surface area contributed by atoms with Gasteiger partial charge < -0.3 is 15.2 Å². The third kappa shape index (κ3) is 2.01. The predicted octanol–water partition coefficient (Wildman–Crippen LogP) is -0.0973. The van der Waals surface area contributed by atoms with Crippen LogP contribution in [0, 0.1) is 0 Å². The standard InChI is InChI=1S/C10H18N2O2/c1-8-11-5-10(14-8)6-12-4-2-3-9(12)7-13/h9-11,13H,1-7H2/t9?,10-/m1/s1. The first kappa shape index (κ1) is 9.80. The highest BCUT2D eigenvalue weighted by Crippen LogP contribution is 2.18. The molecule has 0 aromatic carbocycles. The zero-order valence-electron chi connectivity index (χ0n) is 8.41. The molecule has 0 aromatic heterocycles. The van der Waals surface area contributed by atoms with E-state index in [1.54, 1.807) is 0 Å². The van der Waals surface area contributed by atoms with Crippen LogP contribution in [0.3, 0.4) is 0 Å². The van der Waals surface area contributed by atoms with E-state index in [0.717, 1.165) is 26.1 Å². The minimum atomic E-state index is 0.203. The van der Waals surface area contributed by atoms with E-state index in [-0.39, 0.29) is 12.7 Å². The molecule has 1 unspecified atom stereocenters. The Kier molecular flexibility index (Phi) is 2.93. The molecule has 0 bridgehead atoms. The fourth-order valence-corrected chi connectivity index (χ4v) is 2.22. The summed E-state index contributed by atoms with van der Waals surface area (Å²) < 4.78 is 5.49. The molecular formula is C10H18N2O2. The van der Waals surface area contributed by atoms with Gasteiger partial charge in [-0.1, -0.05) is 0 Å². The van der Waals surface area contributed by atoms with Gasteiger partial charge in [0.15, 0.2) is 5.88 Å². The molecule has 2 N–H and O–H groups in total. The van der Waals surface area contributed by atoms with Crippen LogP contribution in [0.25, 0.3) is 0 Å². The molecule has 0 aromatic rings. The summed E-state index contributed by atoms with van der Waals surface area (Å²) in [7, 11) is 0. The monoisotopic (exact) mass is 198 g/mol. The quantitative estimate of drug-likeness (QED) is 0.665. The van der Waals surface area contributed by atoms with Crippen LogP contribution in [0.1, 0.15) is 12.8 Å². The Morgan fingerprint density at radius 3 is 3.14 bits per heavy atom. The number of aliphatic hydroxyl groups excluding tert-OH is 1. The van der Waals surface area contributed by atoms with E-state index in [0.29, 0.717) is 11.9 Å². The second kappa shape index (κ2) is 4.19. The lowest BCUT2D eigenvalue weighted by Crippen LogP contribution is -2.39. The van der Waals surface area contributed by atoms with Crippen LogP contribution in [-0.4, -0.2) is 48.4 Å². The molecule has 0 aliphatic carbocycles. The molecule has 4 nitrogen and oxygen atoms in total. The van der Waals surface area contributed by atoms with Crippen LogP contribution in [0.5, 0.6) is 0 Å². The van der Waals surface area contributed by atoms with Crippen molar-refractivity contribution in [1.29, 1.82) is 0 Å². The smallest absolute Gasteiger partial charge is 0.179 e. The van der Waals surface area contributed by atoms with Crippen molar-refractivity contribution in [3.8, 4) is 0 Å². The van der Waals surface area contributed by atoms with Crippen LogP contribution in [0.4, 0.5) is 0 Å². The first-order valence-corrected chi connectivity index (χ1v) is 5.24. The van der Waals surface area contributed by atoms with Gasteiger partial charge in [0.1, 0.15) is 6.10 Å². The van der Waals surface area contributed by atoms with Gasteiger partial charge in [-0.3, -0.25) is 4.90 Å². The van der Waals surface area contributed by atoms with Crippen molar-refractivity contribution < 1.29 is 9.84 Å². The number of hydrogen-bond donors (Lipinski definition) is 2. The Labute approximate surface area is 84.5 Å². The summed E-state index contributed by atoms with van der Waals surface area (Å²) in [6.07, 6.45) is 2.50. The van der Waals surface area contributed by atoms with Gasteiger partial charge in [-0.15, -0.1) is 0 Å². The Balaban J connectivity index is 1.81. The first-order valence-electron chi connectivity index (χ1n) is 5.24. The van der Waals surface area contributed by atoms with E-state index in [1.807, 2.05) is 0 Å². The average Bonchev–Trinajstić information content (AvgIpc) is 2.76. The van der Waals surface area contributed by atoms with Crippen molar-refractivity contribution in [2.24, 2.45) is 0 Å². The highest BCUT2D eigenvalue weighted by Gasteiger charge is 2.28. The van der Waals surface area contributed by atoms with Gasteiger partial charge in [0.25, 0.3) is 0 Å². The van der Waals surface area contributed by atoms with E-state index in [4.69, 9.17) is 9.84 Å². The number of hydrogen-bond acceptors (Lipinski definition) is 4. The summed E-state index contributed by atoms with van der Waals surface area (Å²) >= 11 is 0. The Bertz CT molecular complexity index is 220. The summed E-state index contributed by atoms with van der Waals surface area (Å²) in [5, 5.41) is 12.2. The minimum Gasteiger partial charge on any atom is -0.473 e. The van der Waals surface area contributed by atoms with E-state index in [2.05, 4.69) is 16.8 Å². The molecule has 2 rings (SSSR count). The van der Waals surface area contributed by atoms with Crippen molar-refractivity contribution in [3.63, 3.8) is 0 Å². The van der Waals surface area contributed by atoms with Gasteiger partial charge in [0.05, 0.1) is 13.2 Å². The maximum absolute atomic E-state index is 9.15. The van der Waals surface area contributed by atoms with E-state index in [1.165, 1.54) is 6.42 Å². The molecule has 2 saturated heterocycles. The summed E-state index contributed by atoms with van der Waals surface area (Å²) in [6, 6.07) is 0.340. The normalized spacial score (nSPS) is 33.1. The molecule has 0 spiro atoms. The highest BCUT2D eigenvalue weighted by atomic mass is 16.5. The first-order chi connectivity index (χ1) is 6.79. The van der Waals surface area contributed by atoms with E-state index in [9.17, 15) is 0 Å². The third-order valence-corrected chi connectivity index (χ3v) is 2.98. The molecule has 2 aliphatic rings. The molecule has 2 fully saturated rings. The lowest BCUT2D eigenvalue weighted by Gasteiger charge is -2.24. The van der Waals surface area contributed by atoms with Gasteiger partial charge >= 0.3 is 0 Å². The van der Waals surface area contributed by atoms with Gasteiger partial charge in [-0.2, -0.15) is 0 Å². The second-order valence-corrected chi connectivity index (χ2v) is 4.02. The maximum Gasteiger partial charge on any atom is 0.179 e. The zero-order chi connectivity index (χ0) is 9.97. The Morgan fingerprint density at radius 2 is 2.50 bits per heavy atom. The van der Waals surface area contributed by atoms with Gasteiger partial charge in [0.2, 0.25) is 0 Å². The van der Waals surface area contributed by atoms with Crippen molar-refractivity contribution in [3.05, 3.63) is 12.5 Å². The topological polar surface area (TPSA) is 44.7 Å². The van der Waals surface area contributed by atoms with Crippen LogP contribution < -0.4 is 5.32 Å². The lowest BCUT2D eigenvalue weighted by atomic mass is 10.2. The van der Waals surface area contributed by atoms with Crippen LogP contribution in [0.2, 0.25) is 0 Å². The molecule has 2 aliphatic heterocycles. The van der Waals surface area contributed by atoms with Gasteiger partial charge in [0, 0.05) is 12.6 Å². The average molecular weight is 198 g/mol. The number of aliphatic hydroxyl groups is 1. The zero-order valence-corrected chi connectivity index (χ0v) is 8.41. The summed E-state index contributed by atoms with van der Waals surface area (Å²) in [5.74, 6) is 0.676. The van der Waals surface area contributed by atoms with Crippen LogP contribution in [-0.2, 0) is 4.74 Å². The van der Waals surface area contributed by atoms with Crippen molar-refractivity contribution in [2.75, 3.05) is 26.2 Å². The molecular weight excluding hydrogens is 180 g/mol. The molecule has 14 heavy (non-hydrogen) atoms. The van der Waals surface area contributed by atoms with E-state index < -0.39 is 0 Å². The fourth-order valence-electron chi connectivity index (χ4n) is 2.22. The fraction of sp³-hybridized carbons (Fsp3) is 0.800. The summed E-state index contributed by atoms with van der Waals surface area (Å²) in [4.78, 5) is 2.31. The number of ether oxygens (including phenoxy) is 1. The van der Waals surface area contributed by atoms with Crippen molar-refractivity contribution >= 4 is 0 Å². The number of rotatable bonds is 3. The molecule has 2 heterocycles. The van der Waals surface area contributed by atoms with Gasteiger partial charge in [-0.05, 0) is 26.0 Å². The van der Waals surface area contributed by atoms with E-state index >= 15 is 0 Å². The Hall–Kier alpha value is -0.740. The molecule has 0 amide bonds. The van der Waals surface area contributed by atoms with Gasteiger partial charge in [-0.25, -0.2) is 0 Å². The van der Waals surface area contributed by atoms with Crippen molar-refractivity contribution in [2.45, 2.75) is 25.0 Å². The van der Waals surface area contributed by atoms with Crippen LogP contribution >= 0.6 is 0 Å². The van der Waals surface area contributed by atoms with Crippen LogP contribution in [0.15, 0.2) is 12.5 Å². The number of nitrogens with one attached hydrogen (secondary N) is 1. The molecule has 0 radical (unpaired) electrons. The summed E-state index contributed by atoms with van der Waals surface area (Å²) in [6.45, 7) is 6.80. The van der Waals surface area contributed by atoms with Crippen molar-refractivity contribution in [1.82, 2.24) is 10.2 Å². The Morgan fingerprint density at radius 1 is 1.64 bits per heavy atom. The third-order valence-electron chi connectivity index (χ3n) is 2.98. The second-order valence-electron chi connectivity index (χ2n) is 4.02. The number of likely N-dealkylation sites (tertiary alicyclic amines) is 1. The maximum atomic E-state index is 9.15. The highest BCUT2D eigenvalue weighted by molar-refractivity contribution is 4.92. The summed E-state index contributed by atoms with van der Waals surface area (Å²) in [5.41, 5.74) is 0. The molecule has 0 saturated carbocycles. The largest absolute Gasteiger partial charge is 0.473 e. The molecule has 80 valence electrons. The lowest BCUT2D eigenvalue weighted by molar-refractivity contribution is 0.0880. The predicted molar refractivity (Wildman–Crippen MR) is 53.7 cm³/mol. The number of nitrogens with zero attached hydrogens (tertiary/aromatic N) is 1. The minimum absolute atomic E-state index is 0.203. The SMILES string of the molecule is C=C1NC[C@H](CN2CCCC2CO)O1. The molecule has 4 heteroatoms. The molecule has 2 atom stereocenters.